The standard InChI is InChI=1S/C17H20N2O2/c1-2-21-17-10-16(11-17,12-17)15(20)19-14(8-9-18-19)13-6-4-3-5-7-13/h3-7,9,14H,2,8,10-12H2,1H3. The van der Waals surface area contributed by atoms with Gasteiger partial charge in [0.05, 0.1) is 17.1 Å². The van der Waals surface area contributed by atoms with Crippen LogP contribution in [0.1, 0.15) is 44.2 Å². The molecule has 2 bridgehead atoms. The average molecular weight is 284 g/mol. The van der Waals surface area contributed by atoms with Crippen LogP contribution in [-0.2, 0) is 9.53 Å². The Balaban J connectivity index is 1.50. The molecule has 1 aromatic carbocycles. The largest absolute Gasteiger partial charge is 0.375 e. The van der Waals surface area contributed by atoms with Crippen LogP contribution < -0.4 is 0 Å². The highest BCUT2D eigenvalue weighted by atomic mass is 16.5. The second-order valence-electron chi connectivity index (χ2n) is 6.54. The van der Waals surface area contributed by atoms with Crippen LogP contribution in [0.15, 0.2) is 35.4 Å². The number of amides is 1. The highest BCUT2D eigenvalue weighted by Gasteiger charge is 2.73. The summed E-state index contributed by atoms with van der Waals surface area (Å²) in [5.41, 5.74) is 0.981. The van der Waals surface area contributed by atoms with Gasteiger partial charge in [0, 0.05) is 19.2 Å². The van der Waals surface area contributed by atoms with Crippen LogP contribution in [0, 0.1) is 5.41 Å². The van der Waals surface area contributed by atoms with Crippen LogP contribution >= 0.6 is 0 Å². The average Bonchev–Trinajstić information content (AvgIpc) is 2.91. The van der Waals surface area contributed by atoms with Crippen molar-refractivity contribution < 1.29 is 9.53 Å². The Labute approximate surface area is 124 Å². The lowest BCUT2D eigenvalue weighted by Crippen LogP contribution is -2.73. The maximum absolute atomic E-state index is 12.9. The molecule has 1 atom stereocenters. The van der Waals surface area contributed by atoms with Gasteiger partial charge in [-0.05, 0) is 31.7 Å². The molecule has 3 fully saturated rings. The van der Waals surface area contributed by atoms with Crippen molar-refractivity contribution in [2.45, 2.75) is 44.2 Å². The normalized spacial score (nSPS) is 36.2. The third-order valence-corrected chi connectivity index (χ3v) is 5.11. The van der Waals surface area contributed by atoms with E-state index in [0.717, 1.165) is 37.9 Å². The molecule has 3 aliphatic carbocycles. The zero-order chi connectivity index (χ0) is 14.5. The van der Waals surface area contributed by atoms with Crippen molar-refractivity contribution in [2.75, 3.05) is 6.61 Å². The molecule has 21 heavy (non-hydrogen) atoms. The fraction of sp³-hybridized carbons (Fsp3) is 0.529. The Kier molecular flexibility index (Phi) is 2.73. The smallest absolute Gasteiger partial charge is 0.249 e. The summed E-state index contributed by atoms with van der Waals surface area (Å²) in [5.74, 6) is 0.187. The number of carbonyl (C=O) groups excluding carboxylic acids is 1. The molecule has 0 aromatic heterocycles. The van der Waals surface area contributed by atoms with Crippen molar-refractivity contribution in [3.05, 3.63) is 35.9 Å². The summed E-state index contributed by atoms with van der Waals surface area (Å²) in [7, 11) is 0. The summed E-state index contributed by atoms with van der Waals surface area (Å²) < 4.78 is 5.77. The highest BCUT2D eigenvalue weighted by Crippen LogP contribution is 2.70. The van der Waals surface area contributed by atoms with Gasteiger partial charge < -0.3 is 4.74 Å². The SMILES string of the molecule is CCOC12CC(C(=O)N3N=CCC3c3ccccc3)(C1)C2. The molecule has 110 valence electrons. The molecule has 0 radical (unpaired) electrons. The van der Waals surface area contributed by atoms with E-state index in [9.17, 15) is 4.79 Å². The van der Waals surface area contributed by atoms with E-state index in [4.69, 9.17) is 4.74 Å². The molecule has 1 amide bonds. The van der Waals surface area contributed by atoms with E-state index < -0.39 is 0 Å². The second kappa shape index (κ2) is 4.41. The van der Waals surface area contributed by atoms with E-state index in [1.165, 1.54) is 0 Å². The molecule has 4 heteroatoms. The van der Waals surface area contributed by atoms with E-state index in [1.54, 1.807) is 5.01 Å². The first-order valence-electron chi connectivity index (χ1n) is 7.73. The number of hydrogen-bond acceptors (Lipinski definition) is 3. The van der Waals surface area contributed by atoms with Gasteiger partial charge in [-0.15, -0.1) is 0 Å². The third-order valence-electron chi connectivity index (χ3n) is 5.11. The van der Waals surface area contributed by atoms with Gasteiger partial charge in [0.2, 0.25) is 5.91 Å². The number of ether oxygens (including phenoxy) is 1. The van der Waals surface area contributed by atoms with E-state index in [1.807, 2.05) is 31.3 Å². The Morgan fingerprint density at radius 2 is 2.05 bits per heavy atom. The van der Waals surface area contributed by atoms with Gasteiger partial charge in [0.25, 0.3) is 0 Å². The Hall–Kier alpha value is -1.68. The first-order chi connectivity index (χ1) is 10.2. The second-order valence-corrected chi connectivity index (χ2v) is 6.54. The minimum Gasteiger partial charge on any atom is -0.375 e. The van der Waals surface area contributed by atoms with Crippen LogP contribution in [0.5, 0.6) is 0 Å². The Morgan fingerprint density at radius 3 is 2.71 bits per heavy atom. The van der Waals surface area contributed by atoms with Crippen LogP contribution in [0.25, 0.3) is 0 Å². The molecule has 3 saturated carbocycles. The van der Waals surface area contributed by atoms with Crippen molar-refractivity contribution in [1.29, 1.82) is 0 Å². The molecular formula is C17H20N2O2. The maximum atomic E-state index is 12.9. The molecule has 0 spiro atoms. The van der Waals surface area contributed by atoms with Crippen LogP contribution in [0.4, 0.5) is 0 Å². The van der Waals surface area contributed by atoms with Gasteiger partial charge in [0.15, 0.2) is 0 Å². The molecule has 0 N–H and O–H groups in total. The summed E-state index contributed by atoms with van der Waals surface area (Å²) in [6.45, 7) is 2.75. The lowest BCUT2D eigenvalue weighted by molar-refractivity contribution is -0.277. The van der Waals surface area contributed by atoms with Crippen molar-refractivity contribution in [3.8, 4) is 0 Å². The van der Waals surface area contributed by atoms with Gasteiger partial charge in [-0.2, -0.15) is 5.10 Å². The topological polar surface area (TPSA) is 41.9 Å². The predicted molar refractivity (Wildman–Crippen MR) is 79.8 cm³/mol. The molecular weight excluding hydrogens is 264 g/mol. The Bertz CT molecular complexity index is 576. The molecule has 1 unspecified atom stereocenters. The zero-order valence-corrected chi connectivity index (χ0v) is 12.3. The van der Waals surface area contributed by atoms with Crippen molar-refractivity contribution in [2.24, 2.45) is 10.5 Å². The number of benzene rings is 1. The molecule has 0 saturated heterocycles. The maximum Gasteiger partial charge on any atom is 0.249 e. The number of rotatable bonds is 4. The first kappa shape index (κ1) is 13.0. The zero-order valence-electron chi connectivity index (χ0n) is 12.3. The molecule has 1 aromatic rings. The summed E-state index contributed by atoms with van der Waals surface area (Å²) in [6.07, 6.45) is 5.29. The fourth-order valence-corrected chi connectivity index (χ4v) is 4.19. The fourth-order valence-electron chi connectivity index (χ4n) is 4.19. The van der Waals surface area contributed by atoms with Gasteiger partial charge in [0.1, 0.15) is 0 Å². The number of nitrogens with zero attached hydrogens (tertiary/aromatic N) is 2. The highest BCUT2D eigenvalue weighted by molar-refractivity contribution is 5.88. The van der Waals surface area contributed by atoms with Gasteiger partial charge >= 0.3 is 0 Å². The molecule has 5 rings (SSSR count). The van der Waals surface area contributed by atoms with E-state index in [0.29, 0.717) is 0 Å². The quantitative estimate of drug-likeness (QED) is 0.853. The number of carbonyl (C=O) groups is 1. The van der Waals surface area contributed by atoms with Crippen LogP contribution in [0.3, 0.4) is 0 Å². The van der Waals surface area contributed by atoms with Crippen LogP contribution in [-0.4, -0.2) is 29.3 Å². The lowest BCUT2D eigenvalue weighted by atomic mass is 9.40. The monoisotopic (exact) mass is 284 g/mol. The van der Waals surface area contributed by atoms with Crippen molar-refractivity contribution in [3.63, 3.8) is 0 Å². The summed E-state index contributed by atoms with van der Waals surface area (Å²) in [6, 6.07) is 10.2. The molecule has 1 heterocycles. The first-order valence-corrected chi connectivity index (χ1v) is 7.73. The summed E-state index contributed by atoms with van der Waals surface area (Å²) in [5, 5.41) is 6.07. The molecule has 4 aliphatic rings. The van der Waals surface area contributed by atoms with Gasteiger partial charge in [-0.3, -0.25) is 4.79 Å². The molecule has 4 nitrogen and oxygen atoms in total. The minimum atomic E-state index is -0.191. The van der Waals surface area contributed by atoms with Crippen molar-refractivity contribution >= 4 is 12.1 Å². The van der Waals surface area contributed by atoms with Gasteiger partial charge in [-0.25, -0.2) is 5.01 Å². The lowest BCUT2D eigenvalue weighted by Gasteiger charge is -2.68. The Morgan fingerprint density at radius 1 is 1.33 bits per heavy atom. The van der Waals surface area contributed by atoms with E-state index in [2.05, 4.69) is 17.2 Å². The predicted octanol–water partition coefficient (Wildman–Crippen LogP) is 2.91. The summed E-state index contributed by atoms with van der Waals surface area (Å²) in [4.78, 5) is 12.9. The van der Waals surface area contributed by atoms with E-state index >= 15 is 0 Å². The van der Waals surface area contributed by atoms with Crippen molar-refractivity contribution in [1.82, 2.24) is 5.01 Å². The number of hydrogen-bond donors (Lipinski definition) is 0. The summed E-state index contributed by atoms with van der Waals surface area (Å²) >= 11 is 0. The van der Waals surface area contributed by atoms with Gasteiger partial charge in [-0.1, -0.05) is 30.3 Å². The van der Waals surface area contributed by atoms with Crippen LogP contribution in [0.2, 0.25) is 0 Å². The van der Waals surface area contributed by atoms with E-state index in [-0.39, 0.29) is 23.0 Å². The third kappa shape index (κ3) is 1.78. The number of hydrazone groups is 1. The minimum absolute atomic E-state index is 0.0100. The molecule has 1 aliphatic heterocycles.